The van der Waals surface area contributed by atoms with Crippen molar-refractivity contribution in [3.05, 3.63) is 70.8 Å². The third-order valence-corrected chi connectivity index (χ3v) is 3.59. The summed E-state index contributed by atoms with van der Waals surface area (Å²) >= 11 is 5.94. The molecule has 22 heavy (non-hydrogen) atoms. The van der Waals surface area contributed by atoms with Gasteiger partial charge in [-0.3, -0.25) is 0 Å². The maximum atomic E-state index is 14.0. The number of anilines is 1. The topological polar surface area (TPSA) is 48.7 Å². The minimum Gasteiger partial charge on any atom is -0.381 e. The zero-order chi connectivity index (χ0) is 15.5. The Morgan fingerprint density at radius 3 is 2.82 bits per heavy atom. The highest BCUT2D eigenvalue weighted by atomic mass is 35.5. The van der Waals surface area contributed by atoms with Gasteiger partial charge in [-0.15, -0.1) is 0 Å². The summed E-state index contributed by atoms with van der Waals surface area (Å²) in [6.07, 6.45) is 1.60. The van der Waals surface area contributed by atoms with Crippen molar-refractivity contribution in [1.82, 2.24) is 4.98 Å². The maximum Gasteiger partial charge on any atom is 0.151 e. The molecule has 0 aliphatic carbocycles. The number of aromatic nitrogens is 1. The first kappa shape index (κ1) is 14.3. The Kier molecular flexibility index (Phi) is 3.90. The molecule has 0 amide bonds. The molecular weight excluding hydrogens is 301 g/mol. The van der Waals surface area contributed by atoms with Crippen molar-refractivity contribution < 1.29 is 4.39 Å². The fraction of sp³-hybridized carbons (Fsp3) is 0.0588. The van der Waals surface area contributed by atoms with Crippen molar-refractivity contribution in [3.63, 3.8) is 0 Å². The number of pyridine rings is 1. The van der Waals surface area contributed by atoms with Crippen LogP contribution in [0.25, 0.3) is 10.8 Å². The van der Waals surface area contributed by atoms with Gasteiger partial charge >= 0.3 is 0 Å². The number of benzene rings is 2. The van der Waals surface area contributed by atoms with Crippen molar-refractivity contribution in [1.29, 1.82) is 5.26 Å². The molecular formula is C17H11ClFN3. The van der Waals surface area contributed by atoms with Crippen molar-refractivity contribution in [2.45, 2.75) is 6.54 Å². The first-order valence-electron chi connectivity index (χ1n) is 6.64. The minimum atomic E-state index is -0.439. The molecule has 1 aromatic heterocycles. The Bertz CT molecular complexity index is 887. The lowest BCUT2D eigenvalue weighted by molar-refractivity contribution is 0.639. The average molecular weight is 312 g/mol. The molecule has 3 aromatic rings. The molecule has 108 valence electrons. The van der Waals surface area contributed by atoms with Crippen LogP contribution in [0.3, 0.4) is 0 Å². The van der Waals surface area contributed by atoms with E-state index < -0.39 is 5.82 Å². The molecule has 0 aliphatic rings. The van der Waals surface area contributed by atoms with Gasteiger partial charge in [-0.2, -0.15) is 5.26 Å². The summed E-state index contributed by atoms with van der Waals surface area (Å²) in [6, 6.07) is 14.0. The van der Waals surface area contributed by atoms with Gasteiger partial charge in [0.15, 0.2) is 5.69 Å². The SMILES string of the molecule is N#Cc1ncc(CNc2cccc(Cl)c2)c2cccc(F)c12. The van der Waals surface area contributed by atoms with Gasteiger partial charge in [0.2, 0.25) is 0 Å². The average Bonchev–Trinajstić information content (AvgIpc) is 2.53. The minimum absolute atomic E-state index is 0.0969. The van der Waals surface area contributed by atoms with Crippen LogP contribution in [0.5, 0.6) is 0 Å². The van der Waals surface area contributed by atoms with E-state index in [1.807, 2.05) is 18.2 Å². The van der Waals surface area contributed by atoms with Crippen LogP contribution < -0.4 is 5.32 Å². The summed E-state index contributed by atoms with van der Waals surface area (Å²) in [5.41, 5.74) is 1.77. The van der Waals surface area contributed by atoms with Crippen molar-refractivity contribution in [2.75, 3.05) is 5.32 Å². The van der Waals surface area contributed by atoms with Gasteiger partial charge in [0.1, 0.15) is 11.9 Å². The van der Waals surface area contributed by atoms with Crippen molar-refractivity contribution in [2.24, 2.45) is 0 Å². The van der Waals surface area contributed by atoms with E-state index in [0.29, 0.717) is 17.0 Å². The number of rotatable bonds is 3. The highest BCUT2D eigenvalue weighted by Crippen LogP contribution is 2.24. The molecule has 0 spiro atoms. The van der Waals surface area contributed by atoms with Gasteiger partial charge in [-0.25, -0.2) is 9.37 Å². The van der Waals surface area contributed by atoms with Crippen molar-refractivity contribution >= 4 is 28.1 Å². The van der Waals surface area contributed by atoms with Gasteiger partial charge in [0.25, 0.3) is 0 Å². The first-order valence-corrected chi connectivity index (χ1v) is 7.02. The number of fused-ring (bicyclic) bond motifs is 1. The Morgan fingerprint density at radius 2 is 2.05 bits per heavy atom. The van der Waals surface area contributed by atoms with Crippen LogP contribution in [0.4, 0.5) is 10.1 Å². The zero-order valence-corrected chi connectivity index (χ0v) is 12.2. The van der Waals surface area contributed by atoms with Gasteiger partial charge in [0, 0.05) is 23.5 Å². The maximum absolute atomic E-state index is 14.0. The van der Waals surface area contributed by atoms with Gasteiger partial charge in [-0.05, 0) is 35.2 Å². The second-order valence-electron chi connectivity index (χ2n) is 4.77. The Balaban J connectivity index is 1.98. The summed E-state index contributed by atoms with van der Waals surface area (Å²) in [5.74, 6) is -0.439. The highest BCUT2D eigenvalue weighted by Gasteiger charge is 2.11. The van der Waals surface area contributed by atoms with Gasteiger partial charge in [0.05, 0.1) is 5.39 Å². The summed E-state index contributed by atoms with van der Waals surface area (Å²) in [4.78, 5) is 4.05. The molecule has 0 bridgehead atoms. The van der Waals surface area contributed by atoms with E-state index >= 15 is 0 Å². The third kappa shape index (κ3) is 2.72. The molecule has 2 aromatic carbocycles. The lowest BCUT2D eigenvalue weighted by Crippen LogP contribution is -2.02. The van der Waals surface area contributed by atoms with E-state index in [-0.39, 0.29) is 11.1 Å². The molecule has 1 heterocycles. The number of halogens is 2. The zero-order valence-electron chi connectivity index (χ0n) is 11.5. The Morgan fingerprint density at radius 1 is 1.23 bits per heavy atom. The monoisotopic (exact) mass is 311 g/mol. The van der Waals surface area contributed by atoms with Crippen LogP contribution in [0.15, 0.2) is 48.7 Å². The van der Waals surface area contributed by atoms with Crippen LogP contribution in [-0.2, 0) is 6.54 Å². The highest BCUT2D eigenvalue weighted by molar-refractivity contribution is 6.30. The molecule has 0 radical (unpaired) electrons. The van der Waals surface area contributed by atoms with E-state index in [4.69, 9.17) is 16.9 Å². The second-order valence-corrected chi connectivity index (χ2v) is 5.21. The Labute approximate surface area is 132 Å². The first-order chi connectivity index (χ1) is 10.7. The molecule has 0 unspecified atom stereocenters. The van der Waals surface area contributed by atoms with E-state index in [0.717, 1.165) is 11.3 Å². The van der Waals surface area contributed by atoms with Crippen LogP contribution in [0.1, 0.15) is 11.3 Å². The lowest BCUT2D eigenvalue weighted by Gasteiger charge is -2.10. The molecule has 0 saturated carbocycles. The van der Waals surface area contributed by atoms with Crippen LogP contribution in [-0.4, -0.2) is 4.98 Å². The Hall–Kier alpha value is -2.64. The summed E-state index contributed by atoms with van der Waals surface area (Å²) in [7, 11) is 0. The van der Waals surface area contributed by atoms with Crippen LogP contribution in [0, 0.1) is 17.1 Å². The number of hydrogen-bond donors (Lipinski definition) is 1. The predicted octanol–water partition coefficient (Wildman–Crippen LogP) is 4.51. The molecule has 3 rings (SSSR count). The van der Waals surface area contributed by atoms with Gasteiger partial charge < -0.3 is 5.32 Å². The van der Waals surface area contributed by atoms with Crippen LogP contribution in [0.2, 0.25) is 5.02 Å². The number of nitrogens with one attached hydrogen (secondary N) is 1. The van der Waals surface area contributed by atoms with Gasteiger partial charge in [-0.1, -0.05) is 29.8 Å². The molecule has 5 heteroatoms. The smallest absolute Gasteiger partial charge is 0.151 e. The predicted molar refractivity (Wildman–Crippen MR) is 85.2 cm³/mol. The summed E-state index contributed by atoms with van der Waals surface area (Å²) < 4.78 is 14.0. The fourth-order valence-corrected chi connectivity index (χ4v) is 2.52. The van der Waals surface area contributed by atoms with E-state index in [1.54, 1.807) is 30.5 Å². The molecule has 0 fully saturated rings. The molecule has 3 nitrogen and oxygen atoms in total. The van der Waals surface area contributed by atoms with E-state index in [1.165, 1.54) is 6.07 Å². The second kappa shape index (κ2) is 6.00. The normalized spacial score (nSPS) is 10.4. The standard InChI is InChI=1S/C17H11ClFN3/c18-12-3-1-4-13(7-12)21-9-11-10-22-16(8-20)17-14(11)5-2-6-15(17)19/h1-7,10,21H,9H2. The number of nitriles is 1. The van der Waals surface area contributed by atoms with E-state index in [9.17, 15) is 4.39 Å². The third-order valence-electron chi connectivity index (χ3n) is 3.36. The summed E-state index contributed by atoms with van der Waals surface area (Å²) in [5, 5.41) is 13.9. The molecule has 0 atom stereocenters. The fourth-order valence-electron chi connectivity index (χ4n) is 2.33. The van der Waals surface area contributed by atoms with E-state index in [2.05, 4.69) is 10.3 Å². The molecule has 1 N–H and O–H groups in total. The van der Waals surface area contributed by atoms with Crippen molar-refractivity contribution in [3.8, 4) is 6.07 Å². The molecule has 0 aliphatic heterocycles. The van der Waals surface area contributed by atoms with Crippen LogP contribution >= 0.6 is 11.6 Å². The number of hydrogen-bond acceptors (Lipinski definition) is 3. The quantitative estimate of drug-likeness (QED) is 0.774. The largest absolute Gasteiger partial charge is 0.381 e. The molecule has 0 saturated heterocycles. The lowest BCUT2D eigenvalue weighted by atomic mass is 10.0. The number of nitrogens with zero attached hydrogens (tertiary/aromatic N) is 2. The summed E-state index contributed by atoms with van der Waals surface area (Å²) in [6.45, 7) is 0.457.